The van der Waals surface area contributed by atoms with E-state index in [1.165, 1.54) is 0 Å². The number of H-pyrrole nitrogens is 2. The quantitative estimate of drug-likeness (QED) is 0.107. The van der Waals surface area contributed by atoms with Gasteiger partial charge in [-0.1, -0.05) is 36.4 Å². The van der Waals surface area contributed by atoms with Crippen molar-refractivity contribution in [3.05, 3.63) is 72.1 Å². The lowest BCUT2D eigenvalue weighted by atomic mass is 9.81. The first-order valence-electron chi connectivity index (χ1n) is 20.1. The molecule has 0 unspecified atom stereocenters. The first kappa shape index (κ1) is 48.2. The molecular formula is C44H50N2O18. The van der Waals surface area contributed by atoms with E-state index >= 15 is 0 Å². The largest absolute Gasteiger partial charge is 0.463 e. The van der Waals surface area contributed by atoms with Gasteiger partial charge in [0.2, 0.25) is 0 Å². The summed E-state index contributed by atoms with van der Waals surface area (Å²) in [6, 6.07) is 14.5. The summed E-state index contributed by atoms with van der Waals surface area (Å²) in [5, 5.41) is 1.34. The molecule has 20 nitrogen and oxygen atoms in total. The van der Waals surface area contributed by atoms with Crippen molar-refractivity contribution < 1.29 is 85.7 Å². The Morgan fingerprint density at radius 1 is 0.531 bits per heavy atom. The molecule has 0 spiro atoms. The fourth-order valence-electron chi connectivity index (χ4n) is 7.69. The molecule has 5 rings (SSSR count). The average Bonchev–Trinajstić information content (AvgIpc) is 3.83. The average molecular weight is 895 g/mol. The minimum atomic E-state index is -1.98. The van der Waals surface area contributed by atoms with Gasteiger partial charge in [0.05, 0.1) is 5.92 Å². The zero-order chi connectivity index (χ0) is 46.8. The molecule has 0 aliphatic carbocycles. The monoisotopic (exact) mass is 894 g/mol. The van der Waals surface area contributed by atoms with Crippen molar-refractivity contribution in [1.82, 2.24) is 9.97 Å². The number of carbonyl (C=O) groups excluding carboxylic acids is 8. The van der Waals surface area contributed by atoms with Gasteiger partial charge in [-0.25, -0.2) is 0 Å². The van der Waals surface area contributed by atoms with Crippen molar-refractivity contribution in [3.8, 4) is 0 Å². The molecule has 2 N–H and O–H groups in total. The normalized spacial score (nSPS) is 20.2. The van der Waals surface area contributed by atoms with Gasteiger partial charge in [-0.05, 0) is 23.3 Å². The summed E-state index contributed by atoms with van der Waals surface area (Å²) in [6.07, 6.45) is -12.4. The lowest BCUT2D eigenvalue weighted by molar-refractivity contribution is -0.331. The number of aromatic nitrogens is 2. The van der Waals surface area contributed by atoms with Crippen LogP contribution in [-0.2, 0) is 85.7 Å². The molecule has 1 aliphatic rings. The molecule has 1 fully saturated rings. The van der Waals surface area contributed by atoms with Crippen LogP contribution in [0.4, 0.5) is 0 Å². The fourth-order valence-corrected chi connectivity index (χ4v) is 7.69. The second-order valence-corrected chi connectivity index (χ2v) is 14.8. The van der Waals surface area contributed by atoms with E-state index in [9.17, 15) is 38.4 Å². The van der Waals surface area contributed by atoms with Gasteiger partial charge < -0.3 is 57.3 Å². The van der Waals surface area contributed by atoms with Crippen LogP contribution >= 0.6 is 0 Å². The number of hydrogen-bond acceptors (Lipinski definition) is 18. The topological polar surface area (TPSA) is 260 Å². The highest BCUT2D eigenvalue weighted by molar-refractivity contribution is 5.88. The van der Waals surface area contributed by atoms with Crippen molar-refractivity contribution in [2.75, 3.05) is 13.2 Å². The molecule has 0 radical (unpaired) electrons. The number of esters is 8. The molecule has 2 aromatic heterocycles. The molecule has 1 aliphatic heterocycles. The van der Waals surface area contributed by atoms with Crippen LogP contribution in [0.3, 0.4) is 0 Å². The maximum absolute atomic E-state index is 13.4. The fraction of sp³-hybridized carbons (Fsp3) is 0.455. The van der Waals surface area contributed by atoms with E-state index in [1.807, 2.05) is 36.4 Å². The van der Waals surface area contributed by atoms with Crippen LogP contribution in [0.2, 0.25) is 0 Å². The third-order valence-electron chi connectivity index (χ3n) is 9.87. The maximum Gasteiger partial charge on any atom is 0.303 e. The summed E-state index contributed by atoms with van der Waals surface area (Å²) in [7, 11) is 0. The Morgan fingerprint density at radius 3 is 1.48 bits per heavy atom. The van der Waals surface area contributed by atoms with Crippen LogP contribution < -0.4 is 0 Å². The molecule has 0 saturated carbocycles. The van der Waals surface area contributed by atoms with Crippen molar-refractivity contribution >= 4 is 69.6 Å². The standard InChI is InChI=1S/C44H50N2O18/c1-21(47)55-19-35(57-23(3)49)39(64-44-43(62-28(8)54)42(61-27(7)53)38(58-24(4)50)36(63-44)20-56-22(2)48)41(60-26(6)52)40(59-25(5)51)37(31-17-45-33-15-11-9-13-29(31)33)32-18-46-34-16-12-10-14-30(32)34/h9-18,35-46H,19-20H2,1-8H3/t35-,36-,38-,39-,40+,41+,42+,43-,44-/m1/s1. The second kappa shape index (κ2) is 21.5. The van der Waals surface area contributed by atoms with Crippen molar-refractivity contribution in [1.29, 1.82) is 0 Å². The molecule has 3 heterocycles. The molecule has 20 heteroatoms. The highest BCUT2D eigenvalue weighted by Gasteiger charge is 2.56. The first-order chi connectivity index (χ1) is 30.3. The van der Waals surface area contributed by atoms with E-state index in [1.54, 1.807) is 24.5 Å². The van der Waals surface area contributed by atoms with E-state index in [2.05, 4.69) is 9.97 Å². The summed E-state index contributed by atoms with van der Waals surface area (Å²) in [4.78, 5) is 109. The Bertz CT molecular complexity index is 2280. The smallest absolute Gasteiger partial charge is 0.303 e. The molecule has 2 aromatic carbocycles. The summed E-state index contributed by atoms with van der Waals surface area (Å²) in [5.41, 5.74) is 2.45. The minimum Gasteiger partial charge on any atom is -0.463 e. The van der Waals surface area contributed by atoms with E-state index in [0.29, 0.717) is 32.9 Å². The molecule has 4 aromatic rings. The number of rotatable bonds is 18. The van der Waals surface area contributed by atoms with Crippen molar-refractivity contribution in [2.24, 2.45) is 0 Å². The molecule has 0 amide bonds. The summed E-state index contributed by atoms with van der Waals surface area (Å²) >= 11 is 0. The Labute approximate surface area is 366 Å². The van der Waals surface area contributed by atoms with E-state index in [-0.39, 0.29) is 0 Å². The van der Waals surface area contributed by atoms with Gasteiger partial charge >= 0.3 is 47.8 Å². The number of ether oxygens (including phenoxy) is 10. The number of benzene rings is 2. The van der Waals surface area contributed by atoms with Crippen molar-refractivity contribution in [2.45, 2.75) is 116 Å². The number of hydrogen-bond donors (Lipinski definition) is 2. The summed E-state index contributed by atoms with van der Waals surface area (Å²) in [6.45, 7) is 7.06. The van der Waals surface area contributed by atoms with Gasteiger partial charge in [0.15, 0.2) is 42.9 Å². The summed E-state index contributed by atoms with van der Waals surface area (Å²) < 4.78 is 58.3. The Morgan fingerprint density at radius 2 is 1.00 bits per heavy atom. The van der Waals surface area contributed by atoms with Crippen LogP contribution in [-0.4, -0.2) is 126 Å². The number of para-hydroxylation sites is 2. The lowest BCUT2D eigenvalue weighted by Gasteiger charge is -2.46. The molecule has 0 bridgehead atoms. The van der Waals surface area contributed by atoms with Gasteiger partial charge in [-0.3, -0.25) is 38.4 Å². The number of fused-ring (bicyclic) bond motifs is 2. The predicted molar refractivity (Wildman–Crippen MR) is 219 cm³/mol. The molecule has 344 valence electrons. The SMILES string of the molecule is CC(=O)OC[C@H]1O[C@H](O[C@@H]([C@H](OC(C)=O)[C@@H](OC(C)=O)C(c2c[nH]c3ccccc23)c2c[nH]c3ccccc23)[C@@H](COC(C)=O)OC(C)=O)[C@H](OC(C)=O)[C@@H](OC(C)=O)[C@@H]1OC(C)=O. The second-order valence-electron chi connectivity index (χ2n) is 14.8. The van der Waals surface area contributed by atoms with Crippen LogP contribution in [0.15, 0.2) is 60.9 Å². The number of nitrogens with one attached hydrogen (secondary N) is 2. The van der Waals surface area contributed by atoms with Gasteiger partial charge in [-0.15, -0.1) is 0 Å². The van der Waals surface area contributed by atoms with Crippen molar-refractivity contribution in [3.63, 3.8) is 0 Å². The minimum absolute atomic E-state index is 0.541. The van der Waals surface area contributed by atoms with Crippen LogP contribution in [0, 0.1) is 0 Å². The van der Waals surface area contributed by atoms with Gasteiger partial charge in [0.25, 0.3) is 0 Å². The van der Waals surface area contributed by atoms with Gasteiger partial charge in [0.1, 0.15) is 25.4 Å². The van der Waals surface area contributed by atoms with Crippen LogP contribution in [0.25, 0.3) is 21.8 Å². The number of aromatic amines is 2. The van der Waals surface area contributed by atoms with E-state index in [0.717, 1.165) is 55.4 Å². The molecular weight excluding hydrogens is 844 g/mol. The Hall–Kier alpha value is -6.80. The van der Waals surface area contributed by atoms with Gasteiger partial charge in [0, 0.05) is 89.6 Å². The molecule has 1 saturated heterocycles. The summed E-state index contributed by atoms with van der Waals surface area (Å²) in [5.74, 6) is -8.25. The number of carbonyl (C=O) groups is 8. The third-order valence-corrected chi connectivity index (χ3v) is 9.87. The van der Waals surface area contributed by atoms with Crippen LogP contribution in [0.5, 0.6) is 0 Å². The molecule has 64 heavy (non-hydrogen) atoms. The highest BCUT2D eigenvalue weighted by atomic mass is 16.8. The highest BCUT2D eigenvalue weighted by Crippen LogP contribution is 2.42. The van der Waals surface area contributed by atoms with E-state index < -0.39 is 122 Å². The Balaban J connectivity index is 1.81. The zero-order valence-corrected chi connectivity index (χ0v) is 36.3. The van der Waals surface area contributed by atoms with Crippen LogP contribution in [0.1, 0.15) is 72.4 Å². The zero-order valence-electron chi connectivity index (χ0n) is 36.3. The van der Waals surface area contributed by atoms with Gasteiger partial charge in [-0.2, -0.15) is 0 Å². The third kappa shape index (κ3) is 12.2. The lowest BCUT2D eigenvalue weighted by Crippen LogP contribution is -2.65. The maximum atomic E-state index is 13.4. The first-order valence-corrected chi connectivity index (χ1v) is 20.1. The van der Waals surface area contributed by atoms with E-state index in [4.69, 9.17) is 47.4 Å². The Kier molecular flexibility index (Phi) is 16.2. The predicted octanol–water partition coefficient (Wildman–Crippen LogP) is 3.61. The molecule has 9 atom stereocenters.